The van der Waals surface area contributed by atoms with Crippen LogP contribution < -0.4 is 24.8 Å². The maximum Gasteiger partial charge on any atom is 4.00 e. The zero-order chi connectivity index (χ0) is 20.1. The third kappa shape index (κ3) is 12.1. The van der Waals surface area contributed by atoms with Crippen LogP contribution >= 0.6 is 0 Å². The van der Waals surface area contributed by atoms with Gasteiger partial charge in [-0.05, 0) is 35.5 Å². The Balaban J connectivity index is -0.000000422. The molecule has 0 unspecified atom stereocenters. The molecule has 2 rings (SSSR count). The largest absolute Gasteiger partial charge is 4.00 e. The normalized spacial score (nSPS) is 15.9. The molecule has 0 radical (unpaired) electrons. The van der Waals surface area contributed by atoms with Crippen molar-refractivity contribution in [2.45, 2.75) is 94.9 Å². The first-order valence-electron chi connectivity index (χ1n) is 10.4. The van der Waals surface area contributed by atoms with E-state index in [4.69, 9.17) is 0 Å². The van der Waals surface area contributed by atoms with Crippen molar-refractivity contribution in [2.24, 2.45) is 22.7 Å². The Labute approximate surface area is 214 Å². The molecule has 2 aliphatic carbocycles. The van der Waals surface area contributed by atoms with E-state index in [1.807, 2.05) is 0 Å². The minimum atomic E-state index is 0. The molecule has 0 bridgehead atoms. The molecule has 164 valence electrons. The van der Waals surface area contributed by atoms with Gasteiger partial charge in [0.2, 0.25) is 0 Å². The predicted octanol–water partition coefficient (Wildman–Crippen LogP) is 2.28. The molecular formula is C26H42Cl2Zr. The second-order valence-corrected chi connectivity index (χ2v) is 10.4. The van der Waals surface area contributed by atoms with E-state index in [2.05, 4.69) is 93.5 Å². The maximum atomic E-state index is 3.48. The monoisotopic (exact) mass is 514 g/mol. The van der Waals surface area contributed by atoms with E-state index in [0.717, 1.165) is 24.7 Å². The number of hydrogen-bond acceptors (Lipinski definition) is 0. The van der Waals surface area contributed by atoms with Crippen molar-refractivity contribution in [3.05, 3.63) is 46.6 Å². The maximum absolute atomic E-state index is 3.48. The van der Waals surface area contributed by atoms with Crippen LogP contribution in [0.5, 0.6) is 0 Å². The van der Waals surface area contributed by atoms with Crippen molar-refractivity contribution in [1.82, 2.24) is 0 Å². The van der Waals surface area contributed by atoms with Gasteiger partial charge in [-0.1, -0.05) is 82.1 Å². The molecule has 0 atom stereocenters. The second-order valence-electron chi connectivity index (χ2n) is 10.4. The molecule has 2 aliphatic rings. The molecule has 0 fully saturated rings. The SMILES string of the molecule is CC1=[C-]C(C(C)(C)CC(C)C)=CC1.CC1=[C-]C(C(C)(C)CC(C)C)=CC1.[Cl-].[Cl-].[Zr+4]. The molecule has 0 aromatic heterocycles. The van der Waals surface area contributed by atoms with Gasteiger partial charge in [0.15, 0.2) is 0 Å². The Kier molecular flexibility index (Phi) is 17.0. The van der Waals surface area contributed by atoms with Gasteiger partial charge < -0.3 is 24.8 Å². The van der Waals surface area contributed by atoms with Crippen LogP contribution in [0.2, 0.25) is 0 Å². The Hall–Kier alpha value is 0.423. The van der Waals surface area contributed by atoms with Gasteiger partial charge in [0, 0.05) is 0 Å². The predicted molar refractivity (Wildman–Crippen MR) is 117 cm³/mol. The number of allylic oxidation sites excluding steroid dienone is 8. The van der Waals surface area contributed by atoms with Gasteiger partial charge in [0.05, 0.1) is 0 Å². The van der Waals surface area contributed by atoms with Crippen LogP contribution in [0.3, 0.4) is 0 Å². The Bertz CT molecular complexity index is 548. The molecule has 0 nitrogen and oxygen atoms in total. The van der Waals surface area contributed by atoms with E-state index >= 15 is 0 Å². The van der Waals surface area contributed by atoms with E-state index < -0.39 is 0 Å². The minimum absolute atomic E-state index is 0. The molecule has 0 aromatic rings. The molecule has 0 saturated heterocycles. The average molecular weight is 517 g/mol. The Morgan fingerprint density at radius 2 is 1.00 bits per heavy atom. The average Bonchev–Trinajstić information content (AvgIpc) is 3.06. The van der Waals surface area contributed by atoms with E-state index in [9.17, 15) is 0 Å². The first-order valence-corrected chi connectivity index (χ1v) is 10.4. The molecule has 0 aliphatic heterocycles. The molecule has 0 amide bonds. The molecule has 29 heavy (non-hydrogen) atoms. The molecule has 0 heterocycles. The van der Waals surface area contributed by atoms with Crippen molar-refractivity contribution in [3.8, 4) is 0 Å². The summed E-state index contributed by atoms with van der Waals surface area (Å²) in [5.74, 6) is 1.53. The topological polar surface area (TPSA) is 0 Å². The van der Waals surface area contributed by atoms with Crippen molar-refractivity contribution in [3.63, 3.8) is 0 Å². The van der Waals surface area contributed by atoms with Crippen LogP contribution in [-0.2, 0) is 26.2 Å². The van der Waals surface area contributed by atoms with E-state index in [1.54, 1.807) is 0 Å². The first kappa shape index (κ1) is 34.0. The minimum Gasteiger partial charge on any atom is -1.00 e. The van der Waals surface area contributed by atoms with Crippen LogP contribution in [0.25, 0.3) is 0 Å². The molecular weight excluding hydrogens is 474 g/mol. The number of rotatable bonds is 6. The summed E-state index contributed by atoms with van der Waals surface area (Å²) >= 11 is 0. The van der Waals surface area contributed by atoms with Gasteiger partial charge in [-0.2, -0.15) is 11.1 Å². The summed E-state index contributed by atoms with van der Waals surface area (Å²) in [6, 6.07) is 0. The van der Waals surface area contributed by atoms with Crippen LogP contribution in [0.4, 0.5) is 0 Å². The Morgan fingerprint density at radius 3 is 1.17 bits per heavy atom. The smallest absolute Gasteiger partial charge is 1.00 e. The number of hydrogen-bond donors (Lipinski definition) is 0. The molecule has 0 aromatic carbocycles. The van der Waals surface area contributed by atoms with E-state index in [-0.39, 0.29) is 51.0 Å². The van der Waals surface area contributed by atoms with Gasteiger partial charge in [-0.3, -0.25) is 0 Å². The van der Waals surface area contributed by atoms with Gasteiger partial charge >= 0.3 is 26.2 Å². The molecule has 3 heteroatoms. The third-order valence-electron chi connectivity index (χ3n) is 5.22. The quantitative estimate of drug-likeness (QED) is 0.476. The van der Waals surface area contributed by atoms with Gasteiger partial charge in [-0.15, -0.1) is 0 Å². The fourth-order valence-electron chi connectivity index (χ4n) is 4.33. The van der Waals surface area contributed by atoms with Crippen LogP contribution in [0.15, 0.2) is 34.4 Å². The van der Waals surface area contributed by atoms with Gasteiger partial charge in [0.25, 0.3) is 0 Å². The Morgan fingerprint density at radius 1 is 0.724 bits per heavy atom. The van der Waals surface area contributed by atoms with Crippen LogP contribution in [0.1, 0.15) is 94.9 Å². The van der Waals surface area contributed by atoms with Crippen LogP contribution in [-0.4, -0.2) is 0 Å². The van der Waals surface area contributed by atoms with Gasteiger partial charge in [-0.25, -0.2) is 35.5 Å². The fraction of sp³-hybridized carbons (Fsp3) is 0.692. The van der Waals surface area contributed by atoms with E-state index in [0.29, 0.717) is 10.8 Å². The second kappa shape index (κ2) is 14.5. The first-order chi connectivity index (χ1) is 11.8. The summed E-state index contributed by atoms with van der Waals surface area (Å²) in [5, 5.41) is 0. The zero-order valence-corrected chi connectivity index (χ0v) is 24.4. The standard InChI is InChI=1S/2C13H21.2ClH.Zr/c2*1-10(2)9-13(4,5)12-7-6-11(3)8-12;;;/h2*7,10H,6,9H2,1-5H3;2*1H;/q2*-1;;;+4/p-2. The van der Waals surface area contributed by atoms with E-state index in [1.165, 1.54) is 35.1 Å². The third-order valence-corrected chi connectivity index (χ3v) is 5.22. The summed E-state index contributed by atoms with van der Waals surface area (Å²) in [6.07, 6.45) is 16.3. The summed E-state index contributed by atoms with van der Waals surface area (Å²) in [7, 11) is 0. The van der Waals surface area contributed by atoms with Crippen molar-refractivity contribution in [2.75, 3.05) is 0 Å². The number of halogens is 2. The summed E-state index contributed by atoms with van der Waals surface area (Å²) in [6.45, 7) is 22.8. The van der Waals surface area contributed by atoms with Crippen molar-refractivity contribution in [1.29, 1.82) is 0 Å². The van der Waals surface area contributed by atoms with Crippen molar-refractivity contribution >= 4 is 0 Å². The summed E-state index contributed by atoms with van der Waals surface area (Å²) in [4.78, 5) is 0. The zero-order valence-electron chi connectivity index (χ0n) is 20.4. The van der Waals surface area contributed by atoms with Gasteiger partial charge in [0.1, 0.15) is 0 Å². The molecule has 0 N–H and O–H groups in total. The van der Waals surface area contributed by atoms with Crippen molar-refractivity contribution < 1.29 is 51.0 Å². The summed E-state index contributed by atoms with van der Waals surface area (Å²) in [5.41, 5.74) is 6.22. The molecule has 0 saturated carbocycles. The summed E-state index contributed by atoms with van der Waals surface area (Å²) < 4.78 is 0. The fourth-order valence-corrected chi connectivity index (χ4v) is 4.33. The van der Waals surface area contributed by atoms with Crippen LogP contribution in [0, 0.1) is 34.8 Å². The molecule has 0 spiro atoms.